The van der Waals surface area contributed by atoms with Crippen LogP contribution in [-0.4, -0.2) is 39.3 Å². The van der Waals surface area contributed by atoms with Gasteiger partial charge >= 0.3 is 6.09 Å². The molecule has 2 aromatic rings. The van der Waals surface area contributed by atoms with E-state index < -0.39 is 6.09 Å². The Morgan fingerprint density at radius 2 is 1.34 bits per heavy atom. The van der Waals surface area contributed by atoms with E-state index in [0.717, 1.165) is 12.8 Å². The van der Waals surface area contributed by atoms with Crippen LogP contribution < -0.4 is 5.32 Å². The van der Waals surface area contributed by atoms with Gasteiger partial charge in [-0.15, -0.1) is 0 Å². The number of nitrogens with zero attached hydrogens (tertiary/aromatic N) is 1. The van der Waals surface area contributed by atoms with Crippen molar-refractivity contribution in [1.82, 2.24) is 10.2 Å². The van der Waals surface area contributed by atoms with E-state index in [0.29, 0.717) is 12.8 Å². The molecule has 0 unspecified atom stereocenters. The number of nitrogens with one attached hydrogen (secondary N) is 1. The molecule has 0 aromatic heterocycles. The van der Waals surface area contributed by atoms with Gasteiger partial charge in [-0.1, -0.05) is 60.7 Å². The Labute approximate surface area is 174 Å². The largest absolute Gasteiger partial charge is 0.465 e. The van der Waals surface area contributed by atoms with Crippen molar-refractivity contribution in [2.24, 2.45) is 0 Å². The molecule has 1 aliphatic rings. The molecular formula is C25H34N2O2. The van der Waals surface area contributed by atoms with Crippen molar-refractivity contribution in [2.75, 3.05) is 0 Å². The topological polar surface area (TPSA) is 52.6 Å². The van der Waals surface area contributed by atoms with Crippen molar-refractivity contribution in [2.45, 2.75) is 76.5 Å². The Hall–Kier alpha value is -2.33. The first-order chi connectivity index (χ1) is 13.7. The number of benzene rings is 2. The van der Waals surface area contributed by atoms with Crippen molar-refractivity contribution in [3.05, 3.63) is 71.8 Å². The van der Waals surface area contributed by atoms with Gasteiger partial charge in [-0.3, -0.25) is 0 Å². The van der Waals surface area contributed by atoms with Gasteiger partial charge in [0.05, 0.1) is 0 Å². The number of carbonyl (C=O) groups is 1. The van der Waals surface area contributed by atoms with E-state index in [9.17, 15) is 9.90 Å². The summed E-state index contributed by atoms with van der Waals surface area (Å²) in [7, 11) is 0. The van der Waals surface area contributed by atoms with E-state index in [2.05, 4.69) is 57.3 Å². The first-order valence-corrected chi connectivity index (χ1v) is 10.5. The Kier molecular flexibility index (Phi) is 6.33. The number of amides is 1. The standard InChI is InChI=1S/C25H34N2O2/c1-24(2)17-22(18-25(3,4)26-24)27(23(28)29)21(15-19-11-7-5-8-12-19)16-20-13-9-6-10-14-20/h5-14,21-22,26H,15-18H2,1-4H3,(H,28,29). The maximum atomic E-state index is 12.5. The van der Waals surface area contributed by atoms with Crippen LogP contribution in [0.1, 0.15) is 51.7 Å². The summed E-state index contributed by atoms with van der Waals surface area (Å²) in [5, 5.41) is 14.0. The monoisotopic (exact) mass is 394 g/mol. The number of hydrogen-bond donors (Lipinski definition) is 2. The fourth-order valence-corrected chi connectivity index (χ4v) is 5.12. The lowest BCUT2D eigenvalue weighted by Crippen LogP contribution is -2.64. The lowest BCUT2D eigenvalue weighted by molar-refractivity contribution is 0.0408. The summed E-state index contributed by atoms with van der Waals surface area (Å²) < 4.78 is 0. The van der Waals surface area contributed by atoms with E-state index in [1.807, 2.05) is 36.4 Å². The van der Waals surface area contributed by atoms with Crippen LogP contribution in [0.15, 0.2) is 60.7 Å². The summed E-state index contributed by atoms with van der Waals surface area (Å²) in [6, 6.07) is 20.3. The third-order valence-corrected chi connectivity index (χ3v) is 5.80. The Morgan fingerprint density at radius 1 is 0.931 bits per heavy atom. The Morgan fingerprint density at radius 3 is 1.72 bits per heavy atom. The van der Waals surface area contributed by atoms with Crippen LogP contribution in [0, 0.1) is 0 Å². The van der Waals surface area contributed by atoms with Crippen LogP contribution in [0.3, 0.4) is 0 Å². The van der Waals surface area contributed by atoms with E-state index in [1.165, 1.54) is 11.1 Å². The second-order valence-electron chi connectivity index (χ2n) is 9.68. The first-order valence-electron chi connectivity index (χ1n) is 10.5. The van der Waals surface area contributed by atoms with Gasteiger partial charge in [0.25, 0.3) is 0 Å². The molecular weight excluding hydrogens is 360 g/mol. The molecule has 0 spiro atoms. The van der Waals surface area contributed by atoms with Crippen LogP contribution in [0.25, 0.3) is 0 Å². The second kappa shape index (κ2) is 8.58. The van der Waals surface area contributed by atoms with Crippen LogP contribution in [0.4, 0.5) is 4.79 Å². The zero-order chi connectivity index (χ0) is 21.1. The third-order valence-electron chi connectivity index (χ3n) is 5.80. The zero-order valence-corrected chi connectivity index (χ0v) is 18.1. The van der Waals surface area contributed by atoms with Crippen LogP contribution >= 0.6 is 0 Å². The molecule has 0 saturated carbocycles. The van der Waals surface area contributed by atoms with Gasteiger partial charge in [-0.05, 0) is 64.5 Å². The lowest BCUT2D eigenvalue weighted by atomic mass is 9.78. The van der Waals surface area contributed by atoms with Gasteiger partial charge in [0.2, 0.25) is 0 Å². The van der Waals surface area contributed by atoms with Gasteiger partial charge < -0.3 is 15.3 Å². The van der Waals surface area contributed by atoms with Crippen molar-refractivity contribution >= 4 is 6.09 Å². The van der Waals surface area contributed by atoms with E-state index >= 15 is 0 Å². The molecule has 1 fully saturated rings. The van der Waals surface area contributed by atoms with Crippen LogP contribution in [0.2, 0.25) is 0 Å². The van der Waals surface area contributed by atoms with Gasteiger partial charge in [0.15, 0.2) is 0 Å². The van der Waals surface area contributed by atoms with Crippen molar-refractivity contribution in [3.8, 4) is 0 Å². The molecule has 1 heterocycles. The smallest absolute Gasteiger partial charge is 0.407 e. The normalized spacial score (nSPS) is 18.5. The average Bonchev–Trinajstić information content (AvgIpc) is 2.60. The predicted molar refractivity (Wildman–Crippen MR) is 118 cm³/mol. The van der Waals surface area contributed by atoms with Gasteiger partial charge in [-0.25, -0.2) is 4.79 Å². The molecule has 4 nitrogen and oxygen atoms in total. The third kappa shape index (κ3) is 5.83. The summed E-state index contributed by atoms with van der Waals surface area (Å²) >= 11 is 0. The van der Waals surface area contributed by atoms with Gasteiger partial charge in [0, 0.05) is 23.2 Å². The average molecular weight is 395 g/mol. The maximum Gasteiger partial charge on any atom is 0.407 e. The fourth-order valence-electron chi connectivity index (χ4n) is 5.12. The van der Waals surface area contributed by atoms with Crippen molar-refractivity contribution < 1.29 is 9.90 Å². The summed E-state index contributed by atoms with van der Waals surface area (Å²) in [5.74, 6) is 0. The minimum Gasteiger partial charge on any atom is -0.465 e. The minimum absolute atomic E-state index is 0.0174. The maximum absolute atomic E-state index is 12.5. The number of carboxylic acid groups (broad SMARTS) is 1. The highest BCUT2D eigenvalue weighted by Crippen LogP contribution is 2.33. The SMILES string of the molecule is CC1(C)CC(N(C(=O)O)C(Cc2ccccc2)Cc2ccccc2)CC(C)(C)N1. The van der Waals surface area contributed by atoms with E-state index in [1.54, 1.807) is 4.90 Å². The zero-order valence-electron chi connectivity index (χ0n) is 18.1. The molecule has 29 heavy (non-hydrogen) atoms. The molecule has 0 radical (unpaired) electrons. The number of piperidine rings is 1. The number of hydrogen-bond acceptors (Lipinski definition) is 2. The second-order valence-corrected chi connectivity index (χ2v) is 9.68. The van der Waals surface area contributed by atoms with Crippen LogP contribution in [0.5, 0.6) is 0 Å². The Bertz CT molecular complexity index is 745. The van der Waals surface area contributed by atoms with Crippen molar-refractivity contribution in [1.29, 1.82) is 0 Å². The number of rotatable bonds is 6. The summed E-state index contributed by atoms with van der Waals surface area (Å²) in [6.07, 6.45) is 2.23. The molecule has 156 valence electrons. The summed E-state index contributed by atoms with van der Waals surface area (Å²) in [4.78, 5) is 14.3. The molecule has 3 rings (SSSR count). The molecule has 0 aliphatic carbocycles. The predicted octanol–water partition coefficient (Wildman–Crippen LogP) is 5.13. The molecule has 2 N–H and O–H groups in total. The van der Waals surface area contributed by atoms with Gasteiger partial charge in [-0.2, -0.15) is 0 Å². The van der Waals surface area contributed by atoms with Crippen molar-refractivity contribution in [3.63, 3.8) is 0 Å². The molecule has 0 bridgehead atoms. The molecule has 0 atom stereocenters. The highest BCUT2D eigenvalue weighted by Gasteiger charge is 2.43. The molecule has 1 amide bonds. The highest BCUT2D eigenvalue weighted by molar-refractivity contribution is 5.66. The lowest BCUT2D eigenvalue weighted by Gasteiger charge is -2.50. The Balaban J connectivity index is 1.94. The summed E-state index contributed by atoms with van der Waals surface area (Å²) in [5.41, 5.74) is 2.13. The minimum atomic E-state index is -0.819. The highest BCUT2D eigenvalue weighted by atomic mass is 16.4. The van der Waals surface area contributed by atoms with E-state index in [4.69, 9.17) is 0 Å². The summed E-state index contributed by atoms with van der Waals surface area (Å²) in [6.45, 7) is 8.68. The van der Waals surface area contributed by atoms with Crippen LogP contribution in [-0.2, 0) is 12.8 Å². The molecule has 1 saturated heterocycles. The van der Waals surface area contributed by atoms with E-state index in [-0.39, 0.29) is 23.2 Å². The molecule has 4 heteroatoms. The fraction of sp³-hybridized carbons (Fsp3) is 0.480. The first kappa shape index (κ1) is 21.4. The quantitative estimate of drug-likeness (QED) is 0.714. The molecule has 1 aliphatic heterocycles. The van der Waals surface area contributed by atoms with Gasteiger partial charge in [0.1, 0.15) is 0 Å². The molecule has 2 aromatic carbocycles.